The molecular weight excluding hydrogens is 753 g/mol. The van der Waals surface area contributed by atoms with E-state index in [4.69, 9.17) is 4.55 Å². The van der Waals surface area contributed by atoms with Gasteiger partial charge >= 0.3 is 22.5 Å². The zero-order valence-electron chi connectivity index (χ0n) is 28.7. The number of fused-ring (bicyclic) bond motifs is 4. The van der Waals surface area contributed by atoms with Gasteiger partial charge in [0.05, 0.1) is 24.6 Å². The van der Waals surface area contributed by atoms with Crippen LogP contribution in [-0.4, -0.2) is 175 Å². The summed E-state index contributed by atoms with van der Waals surface area (Å²) in [5, 5.41) is 16.9. The molecule has 6 aliphatic heterocycles. The van der Waals surface area contributed by atoms with Crippen LogP contribution in [0.15, 0.2) is 0 Å². The summed E-state index contributed by atoms with van der Waals surface area (Å²) >= 11 is 0. The fourth-order valence-electron chi connectivity index (χ4n) is 9.19. The Morgan fingerprint density at radius 2 is 1.10 bits per heavy atom. The van der Waals surface area contributed by atoms with Crippen LogP contribution in [0.2, 0.25) is 0 Å². The molecule has 2 aliphatic carbocycles. The molecule has 0 aromatic carbocycles. The van der Waals surface area contributed by atoms with E-state index in [1.54, 1.807) is 0 Å². The van der Waals surface area contributed by atoms with Crippen LogP contribution in [0.1, 0.15) is 51.4 Å². The third kappa shape index (κ3) is 6.95. The normalized spacial score (nSPS) is 31.4. The Balaban J connectivity index is 0.000000164. The van der Waals surface area contributed by atoms with Crippen LogP contribution in [0.5, 0.6) is 0 Å². The summed E-state index contributed by atoms with van der Waals surface area (Å²) in [7, 11) is -11.1. The van der Waals surface area contributed by atoms with Crippen molar-refractivity contribution >= 4 is 54.3 Å². The number of hydrogen-bond donors (Lipinski definition) is 4. The molecule has 2 spiro atoms. The molecule has 0 radical (unpaired) electrons. The molecule has 6 heterocycles. The minimum atomic E-state index is -4.82. The van der Waals surface area contributed by atoms with Gasteiger partial charge in [-0.1, -0.05) is 0 Å². The molecule has 6 amide bonds. The second-order valence-electron chi connectivity index (χ2n) is 15.8. The van der Waals surface area contributed by atoms with Crippen LogP contribution < -0.4 is 10.6 Å². The van der Waals surface area contributed by atoms with Crippen molar-refractivity contribution in [3.63, 3.8) is 0 Å². The van der Waals surface area contributed by atoms with Gasteiger partial charge in [-0.15, -0.1) is 4.28 Å². The van der Waals surface area contributed by atoms with Crippen LogP contribution in [0, 0.1) is 10.8 Å². The maximum Gasteiger partial charge on any atom is 0.418 e. The third-order valence-corrected chi connectivity index (χ3v) is 14.6. The number of urea groups is 2. The molecule has 8 aliphatic rings. The maximum atomic E-state index is 12.6. The first-order chi connectivity index (χ1) is 24.1. The standard InChI is InChI=1S/C14H22N4O8S2.C14H22N4O5S/c1-27(21,22)16-7-14(8-16)4-9(5-14)15-12(19)11-3-2-10-6-17(11)13(20)18(10)26-28(23,24)25;1-24(22,23)16-7-14(8-16)4-9(5-14)15-12(19)11-3-2-10-6-17(11)13(20)18(10)21/h9-11H,2-8H2,1H3,(H,15,19)(H,23,24,25);9-11,21H,2-8H2,1H3,(H,15,19)/t2*10-,11+/m11/s1. The summed E-state index contributed by atoms with van der Waals surface area (Å²) < 4.78 is 83.7. The molecule has 0 aromatic heterocycles. The highest BCUT2D eigenvalue weighted by Crippen LogP contribution is 2.50. The monoisotopic (exact) mass is 796 g/mol. The topological polar surface area (TPSA) is 264 Å². The number of carbonyl (C=O) groups is 4. The van der Waals surface area contributed by atoms with Gasteiger partial charge in [-0.05, 0) is 51.4 Å². The van der Waals surface area contributed by atoms with Gasteiger partial charge in [-0.2, -0.15) is 13.5 Å². The van der Waals surface area contributed by atoms with Gasteiger partial charge in [0.1, 0.15) is 12.1 Å². The molecule has 52 heavy (non-hydrogen) atoms. The Bertz CT molecular complexity index is 1850. The van der Waals surface area contributed by atoms with E-state index in [9.17, 15) is 49.6 Å². The van der Waals surface area contributed by atoms with Crippen molar-refractivity contribution in [1.29, 1.82) is 0 Å². The van der Waals surface area contributed by atoms with Gasteiger partial charge in [0, 0.05) is 62.2 Å². The van der Waals surface area contributed by atoms with Crippen molar-refractivity contribution in [2.45, 2.75) is 87.6 Å². The minimum absolute atomic E-state index is 0.0179. The molecule has 8 rings (SSSR count). The molecule has 4 atom stereocenters. The summed E-state index contributed by atoms with van der Waals surface area (Å²) in [5.41, 5.74) is -0.0493. The van der Waals surface area contributed by atoms with Gasteiger partial charge < -0.3 is 20.4 Å². The van der Waals surface area contributed by atoms with E-state index >= 15 is 0 Å². The minimum Gasteiger partial charge on any atom is -0.352 e. The molecule has 4 N–H and O–H groups in total. The van der Waals surface area contributed by atoms with Gasteiger partial charge in [-0.3, -0.25) is 19.3 Å². The quantitative estimate of drug-likeness (QED) is 0.149. The Morgan fingerprint density at radius 1 is 0.692 bits per heavy atom. The SMILES string of the molecule is CS(=O)(=O)N1CC2(CC(NC(=O)[C@@H]3CC[C@@H]4CN3C(=O)N4O)C2)C1.CS(=O)(=O)N1CC2(CC(NC(=O)[C@@H]3CC[C@@H]4CN3C(=O)N4OS(=O)(=O)O)C2)C1. The number of nitrogens with zero attached hydrogens (tertiary/aromatic N) is 6. The van der Waals surface area contributed by atoms with Crippen LogP contribution in [0.3, 0.4) is 0 Å². The molecule has 8 fully saturated rings. The van der Waals surface area contributed by atoms with Crippen LogP contribution in [-0.2, 0) is 44.3 Å². The van der Waals surface area contributed by atoms with Crippen molar-refractivity contribution in [2.24, 2.45) is 10.8 Å². The molecule has 21 nitrogen and oxygen atoms in total. The largest absolute Gasteiger partial charge is 0.418 e. The molecule has 24 heteroatoms. The molecular formula is C28H44N8O13S3. The average molecular weight is 797 g/mol. The van der Waals surface area contributed by atoms with Gasteiger partial charge in [0.15, 0.2) is 0 Å². The fourth-order valence-corrected chi connectivity index (χ4v) is 11.6. The Morgan fingerprint density at radius 3 is 1.52 bits per heavy atom. The zero-order chi connectivity index (χ0) is 37.8. The summed E-state index contributed by atoms with van der Waals surface area (Å²) in [6.45, 7) is 2.54. The summed E-state index contributed by atoms with van der Waals surface area (Å²) in [4.78, 5) is 52.1. The maximum absolute atomic E-state index is 12.6. The Hall–Kier alpha value is -2.87. The first-order valence-electron chi connectivity index (χ1n) is 17.1. The fraction of sp³-hybridized carbons (Fsp3) is 0.857. The van der Waals surface area contributed by atoms with Crippen molar-refractivity contribution in [1.82, 2.24) is 39.2 Å². The van der Waals surface area contributed by atoms with Crippen molar-refractivity contribution in [3.05, 3.63) is 0 Å². The first kappa shape index (κ1) is 37.4. The van der Waals surface area contributed by atoms with Gasteiger partial charge in [-0.25, -0.2) is 40.1 Å². The molecule has 4 bridgehead atoms. The molecule has 2 saturated carbocycles. The zero-order valence-corrected chi connectivity index (χ0v) is 31.1. The number of hydroxylamine groups is 4. The van der Waals surface area contributed by atoms with Crippen molar-refractivity contribution < 1.29 is 58.5 Å². The highest BCUT2D eigenvalue weighted by molar-refractivity contribution is 7.88. The van der Waals surface area contributed by atoms with Crippen LogP contribution >= 0.6 is 0 Å². The van der Waals surface area contributed by atoms with Crippen LogP contribution in [0.25, 0.3) is 0 Å². The lowest BCUT2D eigenvalue weighted by Gasteiger charge is -2.58. The Labute approximate surface area is 301 Å². The van der Waals surface area contributed by atoms with E-state index in [0.29, 0.717) is 76.3 Å². The number of sulfonamides is 2. The highest BCUT2D eigenvalue weighted by atomic mass is 32.3. The van der Waals surface area contributed by atoms with Crippen molar-refractivity contribution in [3.8, 4) is 0 Å². The number of nitrogens with one attached hydrogen (secondary N) is 2. The van der Waals surface area contributed by atoms with E-state index < -0.39 is 60.6 Å². The molecule has 6 saturated heterocycles. The van der Waals surface area contributed by atoms with E-state index in [1.165, 1.54) is 30.9 Å². The summed E-state index contributed by atoms with van der Waals surface area (Å²) in [6, 6.07) is -3.29. The molecule has 0 unspecified atom stereocenters. The number of rotatable bonds is 8. The predicted octanol–water partition coefficient (Wildman–Crippen LogP) is -2.29. The van der Waals surface area contributed by atoms with Crippen LogP contribution in [0.4, 0.5) is 9.59 Å². The van der Waals surface area contributed by atoms with Crippen molar-refractivity contribution in [2.75, 3.05) is 51.8 Å². The predicted molar refractivity (Wildman–Crippen MR) is 176 cm³/mol. The second kappa shape index (κ2) is 12.6. The van der Waals surface area contributed by atoms with E-state index in [0.717, 1.165) is 17.9 Å². The lowest BCUT2D eigenvalue weighted by Crippen LogP contribution is -2.68. The Kier molecular flexibility index (Phi) is 9.07. The van der Waals surface area contributed by atoms with E-state index in [-0.39, 0.29) is 47.3 Å². The number of piperidine rings is 2. The number of amides is 6. The van der Waals surface area contributed by atoms with Gasteiger partial charge in [0.2, 0.25) is 31.9 Å². The van der Waals surface area contributed by atoms with E-state index in [2.05, 4.69) is 14.9 Å². The van der Waals surface area contributed by atoms with Gasteiger partial charge in [0.25, 0.3) is 0 Å². The second-order valence-corrected chi connectivity index (χ2v) is 20.8. The van der Waals surface area contributed by atoms with E-state index in [1.807, 2.05) is 0 Å². The highest BCUT2D eigenvalue weighted by Gasteiger charge is 2.57. The lowest BCUT2D eigenvalue weighted by atomic mass is 9.61. The summed E-state index contributed by atoms with van der Waals surface area (Å²) in [6.07, 6.45) is 7.22. The number of hydrogen-bond acceptors (Lipinski definition) is 12. The smallest absolute Gasteiger partial charge is 0.352 e. The first-order valence-corrected chi connectivity index (χ1v) is 22.2. The average Bonchev–Trinajstić information content (AvgIpc) is 3.31. The lowest BCUT2D eigenvalue weighted by molar-refractivity contribution is -0.130. The number of carbonyl (C=O) groups excluding carboxylic acids is 4. The molecule has 0 aromatic rings. The molecule has 292 valence electrons. The third-order valence-electron chi connectivity index (χ3n) is 11.8. The summed E-state index contributed by atoms with van der Waals surface area (Å²) in [5.74, 6) is -0.490.